The molecule has 1 atom stereocenters. The van der Waals surface area contributed by atoms with Crippen LogP contribution in [0.5, 0.6) is 0 Å². The summed E-state index contributed by atoms with van der Waals surface area (Å²) in [6.45, 7) is 3.80. The summed E-state index contributed by atoms with van der Waals surface area (Å²) in [5, 5.41) is 0. The van der Waals surface area contributed by atoms with Crippen molar-refractivity contribution in [3.8, 4) is 0 Å². The van der Waals surface area contributed by atoms with Crippen LogP contribution < -0.4 is 0 Å². The Morgan fingerprint density at radius 3 is 2.80 bits per heavy atom. The molecule has 0 N–H and O–H groups in total. The lowest BCUT2D eigenvalue weighted by Crippen LogP contribution is -2.00. The molecule has 0 heteroatoms. The lowest BCUT2D eigenvalue weighted by atomic mass is 9.88. The summed E-state index contributed by atoms with van der Waals surface area (Å²) in [4.78, 5) is 0. The Morgan fingerprint density at radius 2 is 2.07 bits per heavy atom. The highest BCUT2D eigenvalue weighted by atomic mass is 14.2. The molecule has 0 saturated heterocycles. The summed E-state index contributed by atoms with van der Waals surface area (Å²) in [5.74, 6) is 0.628. The zero-order chi connectivity index (χ0) is 10.5. The predicted octanol–water partition coefficient (Wildman–Crippen LogP) is 4.22. The standard InChI is InChI=1S/C15H16/c1-2-7-13-8-6-11-15(12-13)14-9-4-3-5-10-14/h2-6,8-11,13H,1,7,12H2. The fraction of sp³-hybridized carbons (Fsp3) is 0.200. The molecule has 76 valence electrons. The Hall–Kier alpha value is -1.56. The molecule has 15 heavy (non-hydrogen) atoms. The first-order chi connectivity index (χ1) is 7.40. The summed E-state index contributed by atoms with van der Waals surface area (Å²) >= 11 is 0. The highest BCUT2D eigenvalue weighted by molar-refractivity contribution is 5.68. The lowest BCUT2D eigenvalue weighted by molar-refractivity contribution is 0.680. The van der Waals surface area contributed by atoms with E-state index < -0.39 is 0 Å². The molecule has 0 bridgehead atoms. The van der Waals surface area contributed by atoms with Gasteiger partial charge in [0.05, 0.1) is 0 Å². The molecule has 1 aliphatic rings. The Morgan fingerprint density at radius 1 is 1.27 bits per heavy atom. The monoisotopic (exact) mass is 196 g/mol. The van der Waals surface area contributed by atoms with E-state index in [-0.39, 0.29) is 0 Å². The first-order valence-electron chi connectivity index (χ1n) is 5.44. The summed E-state index contributed by atoms with van der Waals surface area (Å²) in [7, 11) is 0. The van der Waals surface area contributed by atoms with E-state index in [9.17, 15) is 0 Å². The van der Waals surface area contributed by atoms with Crippen molar-refractivity contribution in [2.45, 2.75) is 12.8 Å². The second-order valence-corrected chi connectivity index (χ2v) is 3.93. The molecule has 0 aliphatic heterocycles. The second kappa shape index (κ2) is 4.79. The molecule has 0 radical (unpaired) electrons. The number of hydrogen-bond acceptors (Lipinski definition) is 0. The largest absolute Gasteiger partial charge is 0.103 e. The number of rotatable bonds is 3. The van der Waals surface area contributed by atoms with Crippen LogP contribution in [0.4, 0.5) is 0 Å². The maximum absolute atomic E-state index is 3.80. The molecule has 0 amide bonds. The SMILES string of the molecule is C=CCC1C=CC=C(c2ccccc2)C1. The molecule has 1 aromatic rings. The Labute approximate surface area is 91.6 Å². The zero-order valence-electron chi connectivity index (χ0n) is 8.89. The highest BCUT2D eigenvalue weighted by Gasteiger charge is 2.10. The Kier molecular flexibility index (Phi) is 3.18. The molecule has 0 fully saturated rings. The van der Waals surface area contributed by atoms with Crippen molar-refractivity contribution >= 4 is 5.57 Å². The average Bonchev–Trinajstić information content (AvgIpc) is 2.31. The van der Waals surface area contributed by atoms with E-state index in [1.165, 1.54) is 11.1 Å². The van der Waals surface area contributed by atoms with Gasteiger partial charge in [-0.1, -0.05) is 54.6 Å². The van der Waals surface area contributed by atoms with Gasteiger partial charge >= 0.3 is 0 Å². The van der Waals surface area contributed by atoms with Crippen LogP contribution in [0.1, 0.15) is 18.4 Å². The Balaban J connectivity index is 2.15. The van der Waals surface area contributed by atoms with Gasteiger partial charge in [0.15, 0.2) is 0 Å². The van der Waals surface area contributed by atoms with Crippen molar-refractivity contribution in [2.24, 2.45) is 5.92 Å². The second-order valence-electron chi connectivity index (χ2n) is 3.93. The third kappa shape index (κ3) is 2.47. The van der Waals surface area contributed by atoms with Gasteiger partial charge in [0.25, 0.3) is 0 Å². The predicted molar refractivity (Wildman–Crippen MR) is 66.5 cm³/mol. The van der Waals surface area contributed by atoms with E-state index in [1.54, 1.807) is 0 Å². The van der Waals surface area contributed by atoms with Crippen LogP contribution in [0.15, 0.2) is 61.2 Å². The molecule has 1 aliphatic carbocycles. The maximum Gasteiger partial charge on any atom is -0.0155 e. The number of benzene rings is 1. The molecule has 0 aromatic heterocycles. The molecular formula is C15H16. The van der Waals surface area contributed by atoms with Gasteiger partial charge in [0.2, 0.25) is 0 Å². The van der Waals surface area contributed by atoms with Crippen LogP contribution in [0, 0.1) is 5.92 Å². The van der Waals surface area contributed by atoms with E-state index in [2.05, 4.69) is 55.1 Å². The van der Waals surface area contributed by atoms with Gasteiger partial charge in [-0.3, -0.25) is 0 Å². The van der Waals surface area contributed by atoms with Gasteiger partial charge in [-0.05, 0) is 29.9 Å². The highest BCUT2D eigenvalue weighted by Crippen LogP contribution is 2.28. The van der Waals surface area contributed by atoms with Crippen molar-refractivity contribution in [3.05, 3.63) is 66.8 Å². The molecule has 0 saturated carbocycles. The van der Waals surface area contributed by atoms with Crippen LogP contribution in [-0.2, 0) is 0 Å². The fourth-order valence-corrected chi connectivity index (χ4v) is 1.99. The van der Waals surface area contributed by atoms with Gasteiger partial charge in [-0.15, -0.1) is 6.58 Å². The molecule has 0 nitrogen and oxygen atoms in total. The first-order valence-corrected chi connectivity index (χ1v) is 5.44. The molecule has 0 spiro atoms. The Bertz CT molecular complexity index is 382. The summed E-state index contributed by atoms with van der Waals surface area (Å²) in [6.07, 6.45) is 10.9. The topological polar surface area (TPSA) is 0 Å². The van der Waals surface area contributed by atoms with E-state index in [0.29, 0.717) is 5.92 Å². The van der Waals surface area contributed by atoms with Gasteiger partial charge in [-0.2, -0.15) is 0 Å². The van der Waals surface area contributed by atoms with Crippen LogP contribution in [0.25, 0.3) is 5.57 Å². The molecule has 1 unspecified atom stereocenters. The normalized spacial score (nSPS) is 19.7. The van der Waals surface area contributed by atoms with Crippen LogP contribution >= 0.6 is 0 Å². The fourth-order valence-electron chi connectivity index (χ4n) is 1.99. The quantitative estimate of drug-likeness (QED) is 0.635. The number of hydrogen-bond donors (Lipinski definition) is 0. The van der Waals surface area contributed by atoms with Gasteiger partial charge in [0, 0.05) is 0 Å². The van der Waals surface area contributed by atoms with E-state index in [1.807, 2.05) is 6.08 Å². The van der Waals surface area contributed by atoms with E-state index >= 15 is 0 Å². The van der Waals surface area contributed by atoms with Crippen LogP contribution in [-0.4, -0.2) is 0 Å². The summed E-state index contributed by atoms with van der Waals surface area (Å²) in [5.41, 5.74) is 2.78. The summed E-state index contributed by atoms with van der Waals surface area (Å²) in [6, 6.07) is 10.6. The van der Waals surface area contributed by atoms with Crippen molar-refractivity contribution < 1.29 is 0 Å². The molecule has 2 rings (SSSR count). The minimum atomic E-state index is 0.628. The summed E-state index contributed by atoms with van der Waals surface area (Å²) < 4.78 is 0. The van der Waals surface area contributed by atoms with Gasteiger partial charge < -0.3 is 0 Å². The van der Waals surface area contributed by atoms with Crippen molar-refractivity contribution in [1.29, 1.82) is 0 Å². The molecule has 1 aromatic carbocycles. The van der Waals surface area contributed by atoms with Crippen molar-refractivity contribution in [3.63, 3.8) is 0 Å². The molecule has 0 heterocycles. The first kappa shape index (κ1) is 9.97. The smallest absolute Gasteiger partial charge is 0.0155 e. The number of allylic oxidation sites excluding steroid dienone is 5. The van der Waals surface area contributed by atoms with Crippen LogP contribution in [0.2, 0.25) is 0 Å². The lowest BCUT2D eigenvalue weighted by Gasteiger charge is -2.17. The molecular weight excluding hydrogens is 180 g/mol. The van der Waals surface area contributed by atoms with Gasteiger partial charge in [-0.25, -0.2) is 0 Å². The zero-order valence-corrected chi connectivity index (χ0v) is 8.89. The van der Waals surface area contributed by atoms with Crippen LogP contribution in [0.3, 0.4) is 0 Å². The van der Waals surface area contributed by atoms with Crippen molar-refractivity contribution in [2.75, 3.05) is 0 Å². The third-order valence-corrected chi connectivity index (χ3v) is 2.78. The maximum atomic E-state index is 3.80. The minimum Gasteiger partial charge on any atom is -0.103 e. The minimum absolute atomic E-state index is 0.628. The average molecular weight is 196 g/mol. The van der Waals surface area contributed by atoms with E-state index in [0.717, 1.165) is 12.8 Å². The third-order valence-electron chi connectivity index (χ3n) is 2.78. The van der Waals surface area contributed by atoms with Gasteiger partial charge in [0.1, 0.15) is 0 Å². The van der Waals surface area contributed by atoms with Crippen molar-refractivity contribution in [1.82, 2.24) is 0 Å². The van der Waals surface area contributed by atoms with E-state index in [4.69, 9.17) is 0 Å².